The fourth-order valence-electron chi connectivity index (χ4n) is 6.12. The molecule has 12 heteroatoms. The van der Waals surface area contributed by atoms with E-state index in [1.54, 1.807) is 0 Å². The van der Waals surface area contributed by atoms with Crippen molar-refractivity contribution in [1.29, 1.82) is 0 Å². The van der Waals surface area contributed by atoms with Crippen molar-refractivity contribution >= 4 is 69.7 Å². The number of hydrogen-bond donors (Lipinski definition) is 0. The molecule has 0 N–H and O–H groups in total. The predicted octanol–water partition coefficient (Wildman–Crippen LogP) is 5.53. The molecule has 8 nitrogen and oxygen atoms in total. The molecule has 6 heterocycles. The van der Waals surface area contributed by atoms with Crippen LogP contribution in [0.3, 0.4) is 0 Å². The van der Waals surface area contributed by atoms with Gasteiger partial charge in [-0.15, -0.1) is 22.7 Å². The maximum absolute atomic E-state index is 14.5. The first-order valence-electron chi connectivity index (χ1n) is 16.3. The highest BCUT2D eigenvalue weighted by atomic mass is 32.1. The first-order chi connectivity index (χ1) is 21.2. The molecule has 0 saturated carbocycles. The maximum atomic E-state index is 14.5. The average Bonchev–Trinajstić information content (AvgIpc) is 3.73. The van der Waals surface area contributed by atoms with E-state index < -0.39 is 36.6 Å². The van der Waals surface area contributed by atoms with E-state index in [2.05, 4.69) is 27.7 Å². The molecule has 2 fully saturated rings. The molecule has 2 saturated heterocycles. The summed E-state index contributed by atoms with van der Waals surface area (Å²) in [5, 5.41) is 0. The Kier molecular flexibility index (Phi) is 8.18. The first kappa shape index (κ1) is 33.7. The third-order valence-corrected chi connectivity index (χ3v) is 12.2. The molecule has 0 atom stereocenters. The number of thiophene rings is 2. The summed E-state index contributed by atoms with van der Waals surface area (Å²) in [4.78, 5) is 34.3. The zero-order chi connectivity index (χ0) is 33.7. The lowest BCUT2D eigenvalue weighted by Crippen LogP contribution is -2.41. The summed E-state index contributed by atoms with van der Waals surface area (Å²) in [7, 11) is -1.04. The van der Waals surface area contributed by atoms with Gasteiger partial charge in [-0.1, -0.05) is 39.8 Å². The summed E-state index contributed by atoms with van der Waals surface area (Å²) in [5.74, 6) is 0.126. The molecule has 4 aliphatic rings. The van der Waals surface area contributed by atoms with E-state index in [1.807, 2.05) is 89.5 Å². The van der Waals surface area contributed by atoms with E-state index >= 15 is 0 Å². The lowest BCUT2D eigenvalue weighted by molar-refractivity contribution is -0.124. The molecule has 0 radical (unpaired) electrons. The quantitative estimate of drug-likeness (QED) is 0.346. The number of amides is 2. The van der Waals surface area contributed by atoms with Crippen molar-refractivity contribution in [3.05, 3.63) is 45.2 Å². The van der Waals surface area contributed by atoms with E-state index in [0.717, 1.165) is 19.3 Å². The smallest absolute Gasteiger partial charge is 0.399 e. The van der Waals surface area contributed by atoms with Gasteiger partial charge in [0.25, 0.3) is 11.8 Å². The van der Waals surface area contributed by atoms with Crippen molar-refractivity contribution in [2.75, 3.05) is 13.1 Å². The van der Waals surface area contributed by atoms with Gasteiger partial charge in [0.05, 0.1) is 54.7 Å². The molecule has 0 unspecified atom stereocenters. The minimum atomic E-state index is -0.521. The monoisotopic (exact) mass is 664 g/mol. The number of fused-ring (bicyclic) bond motifs is 1. The normalized spacial score (nSPS) is 23.4. The highest BCUT2D eigenvalue weighted by molar-refractivity contribution is 7.23. The molecule has 4 aliphatic heterocycles. The molecule has 0 spiro atoms. The van der Waals surface area contributed by atoms with E-state index in [-0.39, 0.29) is 23.7 Å². The first-order valence-corrected chi connectivity index (χ1v) is 17.9. The van der Waals surface area contributed by atoms with Crippen molar-refractivity contribution in [3.8, 4) is 0 Å². The zero-order valence-electron chi connectivity index (χ0n) is 29.2. The molecule has 2 aromatic heterocycles. The average molecular weight is 665 g/mol. The van der Waals surface area contributed by atoms with Gasteiger partial charge >= 0.3 is 14.2 Å². The van der Waals surface area contributed by atoms with Crippen molar-refractivity contribution in [2.45, 2.75) is 105 Å². The SMILES string of the molecule is CC(C)CN1C(=O)C2=C(c3ccc(B4OC(C)(C)C(C)(C)O4)s3)N(CC(C)C)C(=O)C2=C1c1ccc(B2OC(C)(C)C(C)(C)O2)s1. The maximum Gasteiger partial charge on any atom is 0.505 e. The molecular weight excluding hydrogens is 618 g/mol. The molecule has 46 heavy (non-hydrogen) atoms. The van der Waals surface area contributed by atoms with Crippen LogP contribution in [0.15, 0.2) is 35.4 Å². The van der Waals surface area contributed by atoms with Crippen LogP contribution in [0.4, 0.5) is 0 Å². The third-order valence-electron chi connectivity index (χ3n) is 9.97. The van der Waals surface area contributed by atoms with Crippen molar-refractivity contribution in [3.63, 3.8) is 0 Å². The van der Waals surface area contributed by atoms with Crippen LogP contribution < -0.4 is 9.55 Å². The Hall–Kier alpha value is -2.21. The van der Waals surface area contributed by atoms with E-state index in [4.69, 9.17) is 18.6 Å². The summed E-state index contributed by atoms with van der Waals surface area (Å²) >= 11 is 3.04. The lowest BCUT2D eigenvalue weighted by atomic mass is 9.88. The highest BCUT2D eigenvalue weighted by Gasteiger charge is 2.55. The summed E-state index contributed by atoms with van der Waals surface area (Å²) in [5.41, 5.74) is 0.430. The van der Waals surface area contributed by atoms with Gasteiger partial charge in [-0.3, -0.25) is 9.59 Å². The Labute approximate surface area is 282 Å². The van der Waals surface area contributed by atoms with Gasteiger partial charge in [0.1, 0.15) is 0 Å². The molecule has 246 valence electrons. The molecule has 0 bridgehead atoms. The van der Waals surface area contributed by atoms with Gasteiger partial charge in [0.2, 0.25) is 0 Å². The number of carbonyl (C=O) groups excluding carboxylic acids is 2. The van der Waals surface area contributed by atoms with Crippen LogP contribution in [0.2, 0.25) is 0 Å². The van der Waals surface area contributed by atoms with Gasteiger partial charge in [-0.2, -0.15) is 0 Å². The Morgan fingerprint density at radius 3 is 1.17 bits per heavy atom. The largest absolute Gasteiger partial charge is 0.505 e. The van der Waals surface area contributed by atoms with Crippen LogP contribution in [0, 0.1) is 11.8 Å². The van der Waals surface area contributed by atoms with Crippen LogP contribution >= 0.6 is 22.7 Å². The predicted molar refractivity (Wildman–Crippen MR) is 187 cm³/mol. The van der Waals surface area contributed by atoms with E-state index in [0.29, 0.717) is 35.6 Å². The summed E-state index contributed by atoms with van der Waals surface area (Å²) < 4.78 is 27.2. The van der Waals surface area contributed by atoms with Gasteiger partial charge in [-0.05, 0) is 79.4 Å². The van der Waals surface area contributed by atoms with Crippen LogP contribution in [-0.4, -0.2) is 71.3 Å². The summed E-state index contributed by atoms with van der Waals surface area (Å²) in [6.07, 6.45) is 0. The Balaban J connectivity index is 1.46. The van der Waals surface area contributed by atoms with E-state index in [1.165, 1.54) is 22.7 Å². The van der Waals surface area contributed by atoms with Crippen LogP contribution in [0.5, 0.6) is 0 Å². The summed E-state index contributed by atoms with van der Waals surface area (Å²) in [6.45, 7) is 25.6. The Morgan fingerprint density at radius 1 is 0.587 bits per heavy atom. The van der Waals surface area contributed by atoms with Crippen molar-refractivity contribution in [2.24, 2.45) is 11.8 Å². The molecule has 2 amide bonds. The number of rotatable bonds is 8. The number of nitrogens with zero attached hydrogens (tertiary/aromatic N) is 2. The third kappa shape index (κ3) is 5.37. The molecule has 6 rings (SSSR count). The topological polar surface area (TPSA) is 77.5 Å². The van der Waals surface area contributed by atoms with Crippen LogP contribution in [-0.2, 0) is 28.2 Å². The van der Waals surface area contributed by atoms with Crippen molar-refractivity contribution < 1.29 is 28.2 Å². The number of carbonyl (C=O) groups is 2. The molecule has 0 aromatic carbocycles. The van der Waals surface area contributed by atoms with Gasteiger partial charge in [-0.25, -0.2) is 0 Å². The second-order valence-corrected chi connectivity index (χ2v) is 17.9. The molecule has 0 aliphatic carbocycles. The second-order valence-electron chi connectivity index (χ2n) is 15.6. The standard InChI is InChI=1S/C34H46B2N2O6S2/c1-19(2)17-37-27(21-13-15-23(45-21)35-41-31(5,6)32(7,8)42-35)25-26(29(37)39)28(38(30(25)40)18-20(3)4)22-14-16-24(46-22)36-43-33(9,10)34(11,12)44-36/h13-16,19-20H,17-18H2,1-12H3. The molecular formula is C34H46B2N2O6S2. The van der Waals surface area contributed by atoms with Crippen LogP contribution in [0.25, 0.3) is 11.4 Å². The van der Waals surface area contributed by atoms with Crippen LogP contribution in [0.1, 0.15) is 92.8 Å². The Bertz CT molecular complexity index is 1500. The Morgan fingerprint density at radius 2 is 0.891 bits per heavy atom. The highest BCUT2D eigenvalue weighted by Crippen LogP contribution is 2.49. The van der Waals surface area contributed by atoms with Gasteiger partial charge in [0.15, 0.2) is 0 Å². The minimum Gasteiger partial charge on any atom is -0.399 e. The van der Waals surface area contributed by atoms with Crippen molar-refractivity contribution in [1.82, 2.24) is 9.80 Å². The minimum absolute atomic E-state index is 0.135. The van der Waals surface area contributed by atoms with Gasteiger partial charge < -0.3 is 28.4 Å². The lowest BCUT2D eigenvalue weighted by Gasteiger charge is -2.32. The fourth-order valence-corrected chi connectivity index (χ4v) is 8.17. The summed E-state index contributed by atoms with van der Waals surface area (Å²) in [6, 6.07) is 7.99. The van der Waals surface area contributed by atoms with E-state index in [9.17, 15) is 9.59 Å². The second kappa shape index (κ2) is 11.2. The molecule has 2 aromatic rings. The van der Waals surface area contributed by atoms with Gasteiger partial charge in [0, 0.05) is 22.6 Å². The number of hydrogen-bond acceptors (Lipinski definition) is 8. The fraction of sp³-hybridized carbons (Fsp3) is 0.588. The zero-order valence-corrected chi connectivity index (χ0v) is 30.8.